The number of ether oxygens (including phenoxy) is 1. The van der Waals surface area contributed by atoms with E-state index in [9.17, 15) is 4.79 Å². The highest BCUT2D eigenvalue weighted by Crippen LogP contribution is 2.16. The zero-order valence-electron chi connectivity index (χ0n) is 12.6. The van der Waals surface area contributed by atoms with Crippen LogP contribution in [-0.2, 0) is 11.2 Å². The summed E-state index contributed by atoms with van der Waals surface area (Å²) in [5.74, 6) is 1.94. The molecule has 0 spiro atoms. The fraction of sp³-hybridized carbons (Fsp3) is 0.438. The van der Waals surface area contributed by atoms with Crippen LogP contribution in [0.3, 0.4) is 0 Å². The van der Waals surface area contributed by atoms with Crippen molar-refractivity contribution in [3.8, 4) is 11.4 Å². The summed E-state index contributed by atoms with van der Waals surface area (Å²) in [5.41, 5.74) is 1.45. The van der Waals surface area contributed by atoms with Crippen LogP contribution >= 0.6 is 0 Å². The first-order chi connectivity index (χ1) is 10.7. The molecule has 1 fully saturated rings. The van der Waals surface area contributed by atoms with Crippen LogP contribution in [-0.4, -0.2) is 34.7 Å². The zero-order valence-corrected chi connectivity index (χ0v) is 12.6. The van der Waals surface area contributed by atoms with Gasteiger partial charge in [-0.15, -0.1) is 0 Å². The number of aryl methyl sites for hydroxylation is 1. The molecule has 6 nitrogen and oxygen atoms in total. The summed E-state index contributed by atoms with van der Waals surface area (Å²) in [5, 5.41) is 3.32. The Kier molecular flexibility index (Phi) is 4.48. The number of nitrogens with zero attached hydrogens (tertiary/aromatic N) is 2. The zero-order chi connectivity index (χ0) is 15.4. The molecule has 0 aliphatic carbocycles. The van der Waals surface area contributed by atoms with Gasteiger partial charge in [0, 0.05) is 42.6 Å². The molecule has 0 saturated carbocycles. The number of aromatic nitrogens is 3. The summed E-state index contributed by atoms with van der Waals surface area (Å²) in [7, 11) is 0. The molecule has 0 aromatic carbocycles. The fourth-order valence-electron chi connectivity index (χ4n) is 2.46. The van der Waals surface area contributed by atoms with Crippen molar-refractivity contribution in [3.63, 3.8) is 0 Å². The van der Waals surface area contributed by atoms with Crippen molar-refractivity contribution in [2.75, 3.05) is 25.1 Å². The Bertz CT molecular complexity index is 675. The SMILES string of the molecule is CCc1cc(=O)[nH]c(-c2ccc(NC[C@H]3CCOC3)nc2)n1. The second-order valence-electron chi connectivity index (χ2n) is 5.48. The van der Waals surface area contributed by atoms with E-state index < -0.39 is 0 Å². The fourth-order valence-corrected chi connectivity index (χ4v) is 2.46. The lowest BCUT2D eigenvalue weighted by Gasteiger charge is -2.10. The maximum atomic E-state index is 11.6. The van der Waals surface area contributed by atoms with Crippen molar-refractivity contribution in [1.29, 1.82) is 0 Å². The third kappa shape index (κ3) is 3.51. The summed E-state index contributed by atoms with van der Waals surface area (Å²) in [6.07, 6.45) is 3.55. The Morgan fingerprint density at radius 3 is 3.05 bits per heavy atom. The van der Waals surface area contributed by atoms with Crippen LogP contribution in [0.1, 0.15) is 19.0 Å². The molecule has 1 aliphatic rings. The first kappa shape index (κ1) is 14.7. The summed E-state index contributed by atoms with van der Waals surface area (Å²) < 4.78 is 5.35. The molecule has 0 amide bonds. The molecule has 1 saturated heterocycles. The van der Waals surface area contributed by atoms with Crippen molar-refractivity contribution < 1.29 is 4.74 Å². The van der Waals surface area contributed by atoms with Crippen LogP contribution in [0.2, 0.25) is 0 Å². The number of nitrogens with one attached hydrogen (secondary N) is 2. The van der Waals surface area contributed by atoms with Crippen molar-refractivity contribution in [1.82, 2.24) is 15.0 Å². The molecule has 1 aliphatic heterocycles. The number of rotatable bonds is 5. The molecular weight excluding hydrogens is 280 g/mol. The third-order valence-corrected chi connectivity index (χ3v) is 3.79. The van der Waals surface area contributed by atoms with Gasteiger partial charge in [0.25, 0.3) is 5.56 Å². The molecule has 1 atom stereocenters. The molecule has 3 rings (SSSR count). The van der Waals surface area contributed by atoms with E-state index in [4.69, 9.17) is 4.74 Å². The van der Waals surface area contributed by atoms with E-state index in [2.05, 4.69) is 20.3 Å². The van der Waals surface area contributed by atoms with Gasteiger partial charge < -0.3 is 15.0 Å². The lowest BCUT2D eigenvalue weighted by Crippen LogP contribution is -2.14. The van der Waals surface area contributed by atoms with Crippen LogP contribution in [0.25, 0.3) is 11.4 Å². The third-order valence-electron chi connectivity index (χ3n) is 3.79. The molecule has 0 bridgehead atoms. The molecule has 0 unspecified atom stereocenters. The number of H-pyrrole nitrogens is 1. The molecule has 3 heterocycles. The molecule has 2 aromatic rings. The van der Waals surface area contributed by atoms with E-state index in [0.717, 1.165) is 49.7 Å². The van der Waals surface area contributed by atoms with Crippen LogP contribution in [0.4, 0.5) is 5.82 Å². The first-order valence-corrected chi connectivity index (χ1v) is 7.63. The summed E-state index contributed by atoms with van der Waals surface area (Å²) in [6, 6.07) is 5.35. The Hall–Kier alpha value is -2.21. The smallest absolute Gasteiger partial charge is 0.251 e. The maximum absolute atomic E-state index is 11.6. The van der Waals surface area contributed by atoms with Gasteiger partial charge >= 0.3 is 0 Å². The number of anilines is 1. The van der Waals surface area contributed by atoms with Gasteiger partial charge in [-0.1, -0.05) is 6.92 Å². The minimum absolute atomic E-state index is 0.134. The molecular formula is C16H20N4O2. The maximum Gasteiger partial charge on any atom is 0.251 e. The molecule has 0 radical (unpaired) electrons. The second-order valence-corrected chi connectivity index (χ2v) is 5.48. The molecule has 6 heteroatoms. The van der Waals surface area contributed by atoms with Gasteiger partial charge in [-0.05, 0) is 25.0 Å². The number of aromatic amines is 1. The van der Waals surface area contributed by atoms with Crippen LogP contribution in [0.15, 0.2) is 29.2 Å². The normalized spacial score (nSPS) is 17.6. The summed E-state index contributed by atoms with van der Waals surface area (Å²) in [4.78, 5) is 23.2. The van der Waals surface area contributed by atoms with E-state index in [1.54, 1.807) is 6.20 Å². The lowest BCUT2D eigenvalue weighted by molar-refractivity contribution is 0.187. The molecule has 116 valence electrons. The van der Waals surface area contributed by atoms with Gasteiger partial charge in [0.05, 0.1) is 6.61 Å². The summed E-state index contributed by atoms with van der Waals surface area (Å²) >= 11 is 0. The molecule has 2 aromatic heterocycles. The Morgan fingerprint density at radius 1 is 1.45 bits per heavy atom. The van der Waals surface area contributed by atoms with Crippen LogP contribution in [0.5, 0.6) is 0 Å². The van der Waals surface area contributed by atoms with Gasteiger partial charge in [-0.25, -0.2) is 9.97 Å². The Labute approximate surface area is 129 Å². The number of pyridine rings is 1. The number of hydrogen-bond donors (Lipinski definition) is 2. The van der Waals surface area contributed by atoms with E-state index in [1.807, 2.05) is 19.1 Å². The van der Waals surface area contributed by atoms with Gasteiger partial charge in [0.2, 0.25) is 0 Å². The standard InChI is InChI=1S/C16H20N4O2/c1-2-13-7-15(21)20-16(19-13)12-3-4-14(18-9-12)17-8-11-5-6-22-10-11/h3-4,7,9,11H,2,5-6,8,10H2,1H3,(H,17,18)(H,19,20,21)/t11-/m1/s1. The van der Waals surface area contributed by atoms with Crippen LogP contribution in [0, 0.1) is 5.92 Å². The monoisotopic (exact) mass is 300 g/mol. The van der Waals surface area contributed by atoms with Crippen LogP contribution < -0.4 is 10.9 Å². The van der Waals surface area contributed by atoms with Crippen molar-refractivity contribution in [2.45, 2.75) is 19.8 Å². The molecule has 22 heavy (non-hydrogen) atoms. The predicted molar refractivity (Wildman–Crippen MR) is 84.9 cm³/mol. The van der Waals surface area contributed by atoms with E-state index >= 15 is 0 Å². The van der Waals surface area contributed by atoms with Crippen molar-refractivity contribution in [2.24, 2.45) is 5.92 Å². The lowest BCUT2D eigenvalue weighted by atomic mass is 10.1. The first-order valence-electron chi connectivity index (χ1n) is 7.63. The Balaban J connectivity index is 1.70. The predicted octanol–water partition coefficient (Wildman–Crippen LogP) is 1.84. The highest BCUT2D eigenvalue weighted by Gasteiger charge is 2.15. The minimum atomic E-state index is -0.134. The minimum Gasteiger partial charge on any atom is -0.381 e. The second kappa shape index (κ2) is 6.70. The van der Waals surface area contributed by atoms with Gasteiger partial charge in [-0.2, -0.15) is 0 Å². The van der Waals surface area contributed by atoms with E-state index in [1.165, 1.54) is 6.07 Å². The molecule has 2 N–H and O–H groups in total. The highest BCUT2D eigenvalue weighted by molar-refractivity contribution is 5.55. The average Bonchev–Trinajstić information content (AvgIpc) is 3.06. The van der Waals surface area contributed by atoms with Gasteiger partial charge in [-0.3, -0.25) is 4.79 Å². The summed E-state index contributed by atoms with van der Waals surface area (Å²) in [6.45, 7) is 4.52. The largest absolute Gasteiger partial charge is 0.381 e. The van der Waals surface area contributed by atoms with Crippen molar-refractivity contribution >= 4 is 5.82 Å². The highest BCUT2D eigenvalue weighted by atomic mass is 16.5. The Morgan fingerprint density at radius 2 is 2.36 bits per heavy atom. The number of hydrogen-bond acceptors (Lipinski definition) is 5. The van der Waals surface area contributed by atoms with Crippen molar-refractivity contribution in [3.05, 3.63) is 40.4 Å². The van der Waals surface area contributed by atoms with E-state index in [0.29, 0.717) is 11.7 Å². The van der Waals surface area contributed by atoms with Gasteiger partial charge in [0.15, 0.2) is 0 Å². The average molecular weight is 300 g/mol. The van der Waals surface area contributed by atoms with Gasteiger partial charge in [0.1, 0.15) is 11.6 Å². The topological polar surface area (TPSA) is 79.9 Å². The van der Waals surface area contributed by atoms with E-state index in [-0.39, 0.29) is 5.56 Å². The quantitative estimate of drug-likeness (QED) is 0.881.